The first-order chi connectivity index (χ1) is 9.17. The molecule has 2 nitrogen and oxygen atoms in total. The van der Waals surface area contributed by atoms with Gasteiger partial charge in [-0.15, -0.1) is 0 Å². The van der Waals surface area contributed by atoms with E-state index in [1.807, 2.05) is 6.07 Å². The molecule has 2 aliphatic heterocycles. The summed E-state index contributed by atoms with van der Waals surface area (Å²) in [5.41, 5.74) is 1.24. The predicted octanol–water partition coefficient (Wildman–Crippen LogP) is 3.05. The van der Waals surface area contributed by atoms with E-state index in [0.29, 0.717) is 17.0 Å². The first-order valence-corrected chi connectivity index (χ1v) is 7.42. The van der Waals surface area contributed by atoms with Crippen molar-refractivity contribution in [3.05, 3.63) is 34.6 Å². The Hall–Kier alpha value is -0.640. The zero-order valence-electron chi connectivity index (χ0n) is 11.1. The lowest BCUT2D eigenvalue weighted by atomic mass is 9.78. The second-order valence-corrected chi connectivity index (χ2v) is 6.38. The summed E-state index contributed by atoms with van der Waals surface area (Å²) in [6, 6.07) is 4.99. The van der Waals surface area contributed by atoms with Crippen LogP contribution in [0.1, 0.15) is 24.8 Å². The van der Waals surface area contributed by atoms with E-state index >= 15 is 0 Å². The number of halogens is 2. The SMILES string of the molecule is Fc1cc(Cl)ccc1CN1CCC2(CCNCC2)C1. The van der Waals surface area contributed by atoms with Gasteiger partial charge in [-0.3, -0.25) is 4.90 Å². The van der Waals surface area contributed by atoms with Gasteiger partial charge in [0, 0.05) is 23.7 Å². The lowest BCUT2D eigenvalue weighted by Crippen LogP contribution is -2.38. The van der Waals surface area contributed by atoms with Crippen LogP contribution in [0.5, 0.6) is 0 Å². The number of piperidine rings is 1. The van der Waals surface area contributed by atoms with Gasteiger partial charge in [0.1, 0.15) is 5.82 Å². The van der Waals surface area contributed by atoms with Crippen molar-refractivity contribution in [1.29, 1.82) is 0 Å². The van der Waals surface area contributed by atoms with Crippen LogP contribution in [0.25, 0.3) is 0 Å². The summed E-state index contributed by atoms with van der Waals surface area (Å²) in [5.74, 6) is -0.182. The Balaban J connectivity index is 1.65. The minimum absolute atomic E-state index is 0.182. The molecule has 19 heavy (non-hydrogen) atoms. The summed E-state index contributed by atoms with van der Waals surface area (Å²) >= 11 is 5.79. The van der Waals surface area contributed by atoms with Crippen molar-refractivity contribution in [2.45, 2.75) is 25.8 Å². The van der Waals surface area contributed by atoms with Crippen LogP contribution in [0.15, 0.2) is 18.2 Å². The van der Waals surface area contributed by atoms with Gasteiger partial charge in [-0.2, -0.15) is 0 Å². The summed E-state index contributed by atoms with van der Waals surface area (Å²) in [6.45, 7) is 5.16. The van der Waals surface area contributed by atoms with Crippen LogP contribution >= 0.6 is 11.6 Å². The highest BCUT2D eigenvalue weighted by atomic mass is 35.5. The normalized spacial score (nSPS) is 23.1. The van der Waals surface area contributed by atoms with Gasteiger partial charge in [0.25, 0.3) is 0 Å². The molecule has 0 aromatic heterocycles. The molecular weight excluding hydrogens is 263 g/mol. The topological polar surface area (TPSA) is 15.3 Å². The molecule has 0 saturated carbocycles. The number of nitrogens with zero attached hydrogens (tertiary/aromatic N) is 1. The monoisotopic (exact) mass is 282 g/mol. The van der Waals surface area contributed by atoms with Crippen molar-refractivity contribution in [2.24, 2.45) is 5.41 Å². The van der Waals surface area contributed by atoms with E-state index < -0.39 is 0 Å². The predicted molar refractivity (Wildman–Crippen MR) is 75.8 cm³/mol. The second-order valence-electron chi connectivity index (χ2n) is 5.95. The van der Waals surface area contributed by atoms with Crippen molar-refractivity contribution in [2.75, 3.05) is 26.2 Å². The minimum Gasteiger partial charge on any atom is -0.317 e. The Morgan fingerprint density at radius 1 is 1.26 bits per heavy atom. The van der Waals surface area contributed by atoms with E-state index in [2.05, 4.69) is 10.2 Å². The average Bonchev–Trinajstić information content (AvgIpc) is 2.77. The van der Waals surface area contributed by atoms with Crippen molar-refractivity contribution < 1.29 is 4.39 Å². The molecule has 0 radical (unpaired) electrons. The van der Waals surface area contributed by atoms with Gasteiger partial charge in [0.05, 0.1) is 0 Å². The molecule has 0 amide bonds. The zero-order valence-corrected chi connectivity index (χ0v) is 11.8. The molecule has 0 bridgehead atoms. The molecule has 1 aromatic carbocycles. The summed E-state index contributed by atoms with van der Waals surface area (Å²) in [7, 11) is 0. The fraction of sp³-hybridized carbons (Fsp3) is 0.600. The van der Waals surface area contributed by atoms with E-state index in [0.717, 1.165) is 31.7 Å². The molecule has 1 aromatic rings. The van der Waals surface area contributed by atoms with E-state index in [-0.39, 0.29) is 5.82 Å². The quantitative estimate of drug-likeness (QED) is 0.897. The van der Waals surface area contributed by atoms with Gasteiger partial charge in [-0.05, 0) is 56.4 Å². The van der Waals surface area contributed by atoms with Crippen molar-refractivity contribution in [3.63, 3.8) is 0 Å². The summed E-state index contributed by atoms with van der Waals surface area (Å²) in [6.07, 6.45) is 3.77. The fourth-order valence-corrected chi connectivity index (χ4v) is 3.58. The smallest absolute Gasteiger partial charge is 0.129 e. The highest BCUT2D eigenvalue weighted by Gasteiger charge is 2.38. The Morgan fingerprint density at radius 3 is 2.79 bits per heavy atom. The van der Waals surface area contributed by atoms with Crippen LogP contribution in [-0.4, -0.2) is 31.1 Å². The van der Waals surface area contributed by atoms with E-state index in [9.17, 15) is 4.39 Å². The third kappa shape index (κ3) is 2.93. The van der Waals surface area contributed by atoms with Gasteiger partial charge >= 0.3 is 0 Å². The molecule has 2 heterocycles. The highest BCUT2D eigenvalue weighted by Crippen LogP contribution is 2.39. The second kappa shape index (κ2) is 5.39. The number of likely N-dealkylation sites (tertiary alicyclic amines) is 1. The zero-order chi connectivity index (χ0) is 13.3. The molecular formula is C15H20ClFN2. The Labute approximate surface area is 118 Å². The third-order valence-corrected chi connectivity index (χ3v) is 4.83. The number of nitrogens with one attached hydrogen (secondary N) is 1. The molecule has 104 valence electrons. The first kappa shape index (κ1) is 13.3. The number of hydrogen-bond donors (Lipinski definition) is 1. The lowest BCUT2D eigenvalue weighted by molar-refractivity contribution is 0.193. The number of hydrogen-bond acceptors (Lipinski definition) is 2. The summed E-state index contributed by atoms with van der Waals surface area (Å²) in [4.78, 5) is 2.39. The van der Waals surface area contributed by atoms with Crippen LogP contribution < -0.4 is 5.32 Å². The molecule has 2 saturated heterocycles. The standard InChI is InChI=1S/C15H20ClFN2/c16-13-2-1-12(14(17)9-13)10-19-8-5-15(11-19)3-6-18-7-4-15/h1-2,9,18H,3-8,10-11H2. The largest absolute Gasteiger partial charge is 0.317 e. The average molecular weight is 283 g/mol. The van der Waals surface area contributed by atoms with Gasteiger partial charge in [-0.25, -0.2) is 4.39 Å². The Morgan fingerprint density at radius 2 is 2.05 bits per heavy atom. The molecule has 1 N–H and O–H groups in total. The molecule has 2 fully saturated rings. The summed E-state index contributed by atoms with van der Waals surface area (Å²) in [5, 5.41) is 3.89. The van der Waals surface area contributed by atoms with Crippen LogP contribution in [0.4, 0.5) is 4.39 Å². The molecule has 4 heteroatoms. The minimum atomic E-state index is -0.182. The van der Waals surface area contributed by atoms with Gasteiger partial charge in [0.15, 0.2) is 0 Å². The lowest BCUT2D eigenvalue weighted by Gasteiger charge is -2.34. The maximum Gasteiger partial charge on any atom is 0.129 e. The fourth-order valence-electron chi connectivity index (χ4n) is 3.42. The van der Waals surface area contributed by atoms with Crippen LogP contribution in [0, 0.1) is 11.2 Å². The van der Waals surface area contributed by atoms with E-state index in [1.165, 1.54) is 25.3 Å². The van der Waals surface area contributed by atoms with Crippen LogP contribution in [0.3, 0.4) is 0 Å². The molecule has 0 atom stereocenters. The molecule has 0 unspecified atom stereocenters. The van der Waals surface area contributed by atoms with Gasteiger partial charge in [0.2, 0.25) is 0 Å². The van der Waals surface area contributed by atoms with Crippen LogP contribution in [-0.2, 0) is 6.54 Å². The summed E-state index contributed by atoms with van der Waals surface area (Å²) < 4.78 is 13.8. The first-order valence-electron chi connectivity index (χ1n) is 7.04. The maximum absolute atomic E-state index is 13.8. The molecule has 3 rings (SSSR count). The maximum atomic E-state index is 13.8. The molecule has 1 spiro atoms. The number of rotatable bonds is 2. The van der Waals surface area contributed by atoms with E-state index in [1.54, 1.807) is 6.07 Å². The van der Waals surface area contributed by atoms with Gasteiger partial charge in [-0.1, -0.05) is 17.7 Å². The van der Waals surface area contributed by atoms with Crippen molar-refractivity contribution in [1.82, 2.24) is 10.2 Å². The number of benzene rings is 1. The van der Waals surface area contributed by atoms with E-state index in [4.69, 9.17) is 11.6 Å². The van der Waals surface area contributed by atoms with Crippen molar-refractivity contribution >= 4 is 11.6 Å². The highest BCUT2D eigenvalue weighted by molar-refractivity contribution is 6.30. The molecule has 0 aliphatic carbocycles. The van der Waals surface area contributed by atoms with Gasteiger partial charge < -0.3 is 5.32 Å². The Bertz CT molecular complexity index is 457. The third-order valence-electron chi connectivity index (χ3n) is 4.59. The van der Waals surface area contributed by atoms with Crippen molar-refractivity contribution in [3.8, 4) is 0 Å². The van der Waals surface area contributed by atoms with Crippen LogP contribution in [0.2, 0.25) is 5.02 Å². The molecule has 2 aliphatic rings. The Kier molecular flexibility index (Phi) is 3.79.